The second-order valence-electron chi connectivity index (χ2n) is 4.48. The van der Waals surface area contributed by atoms with Gasteiger partial charge in [-0.15, -0.1) is 11.8 Å². The minimum Gasteiger partial charge on any atom is -0.375 e. The van der Waals surface area contributed by atoms with Gasteiger partial charge >= 0.3 is 0 Å². The van der Waals surface area contributed by atoms with Crippen molar-refractivity contribution in [1.82, 2.24) is 5.32 Å². The number of benzene rings is 1. The Kier molecular flexibility index (Phi) is 7.99. The van der Waals surface area contributed by atoms with E-state index in [1.807, 2.05) is 6.92 Å². The molecule has 0 aromatic heterocycles. The molecule has 1 aromatic carbocycles. The maximum absolute atomic E-state index is 12.7. The van der Waals surface area contributed by atoms with Crippen LogP contribution >= 0.6 is 11.8 Å². The summed E-state index contributed by atoms with van der Waals surface area (Å²) in [5.74, 6) is 0.819. The molecular formula is C15H20FNO2S. The lowest BCUT2D eigenvalue weighted by Gasteiger charge is -2.06. The highest BCUT2D eigenvalue weighted by Crippen LogP contribution is 2.12. The molecule has 1 N–H and O–H groups in total. The summed E-state index contributed by atoms with van der Waals surface area (Å²) in [7, 11) is 0. The van der Waals surface area contributed by atoms with Crippen LogP contribution in [-0.4, -0.2) is 31.4 Å². The van der Waals surface area contributed by atoms with Gasteiger partial charge in [0.2, 0.25) is 5.91 Å². The van der Waals surface area contributed by atoms with E-state index in [-0.39, 0.29) is 11.7 Å². The lowest BCUT2D eigenvalue weighted by atomic mass is 10.2. The average molecular weight is 297 g/mol. The van der Waals surface area contributed by atoms with Crippen molar-refractivity contribution >= 4 is 17.7 Å². The number of nitrogens with one attached hydrogen (secondary N) is 1. The van der Waals surface area contributed by atoms with Crippen LogP contribution in [0.5, 0.6) is 0 Å². The van der Waals surface area contributed by atoms with Crippen molar-refractivity contribution < 1.29 is 13.9 Å². The maximum atomic E-state index is 12.7. The molecule has 0 radical (unpaired) electrons. The Balaban J connectivity index is 2.05. The van der Waals surface area contributed by atoms with E-state index in [1.165, 1.54) is 23.9 Å². The van der Waals surface area contributed by atoms with E-state index in [1.54, 1.807) is 12.1 Å². The van der Waals surface area contributed by atoms with Gasteiger partial charge in [-0.2, -0.15) is 0 Å². The van der Waals surface area contributed by atoms with Crippen LogP contribution in [0.25, 0.3) is 0 Å². The van der Waals surface area contributed by atoms with Gasteiger partial charge in [-0.25, -0.2) is 4.39 Å². The topological polar surface area (TPSA) is 38.3 Å². The first kappa shape index (κ1) is 16.7. The molecule has 0 saturated carbocycles. The summed E-state index contributed by atoms with van der Waals surface area (Å²) in [6.07, 6.45) is 0. The largest absolute Gasteiger partial charge is 0.375 e. The summed E-state index contributed by atoms with van der Waals surface area (Å²) in [6.45, 7) is 7.13. The number of ether oxygens (including phenoxy) is 1. The molecule has 20 heavy (non-hydrogen) atoms. The van der Waals surface area contributed by atoms with Crippen molar-refractivity contribution in [2.45, 2.75) is 12.7 Å². The fourth-order valence-corrected chi connectivity index (χ4v) is 2.22. The van der Waals surface area contributed by atoms with E-state index < -0.39 is 0 Å². The number of hydrogen-bond acceptors (Lipinski definition) is 3. The first-order valence-electron chi connectivity index (χ1n) is 6.39. The summed E-state index contributed by atoms with van der Waals surface area (Å²) in [4.78, 5) is 11.5. The number of halogens is 1. The molecule has 110 valence electrons. The van der Waals surface area contributed by atoms with Crippen molar-refractivity contribution in [3.63, 3.8) is 0 Å². The standard InChI is InChI=1S/C15H20FNO2S/c1-12(2)9-19-8-7-17-15(18)11-20-10-13-3-5-14(16)6-4-13/h3-6H,1,7-11H2,2H3,(H,17,18). The summed E-state index contributed by atoms with van der Waals surface area (Å²) < 4.78 is 18.0. The van der Waals surface area contributed by atoms with Crippen molar-refractivity contribution in [1.29, 1.82) is 0 Å². The molecule has 0 aliphatic heterocycles. The fourth-order valence-electron chi connectivity index (χ4n) is 1.40. The first-order valence-corrected chi connectivity index (χ1v) is 7.54. The third-order valence-corrected chi connectivity index (χ3v) is 3.34. The van der Waals surface area contributed by atoms with Crippen LogP contribution in [0.3, 0.4) is 0 Å². The van der Waals surface area contributed by atoms with Crippen LogP contribution in [-0.2, 0) is 15.3 Å². The van der Waals surface area contributed by atoms with E-state index in [2.05, 4.69) is 11.9 Å². The SMILES string of the molecule is C=C(C)COCCNC(=O)CSCc1ccc(F)cc1. The summed E-state index contributed by atoms with van der Waals surface area (Å²) in [6, 6.07) is 6.31. The number of rotatable bonds is 9. The zero-order valence-corrected chi connectivity index (χ0v) is 12.5. The predicted octanol–water partition coefficient (Wildman–Crippen LogP) is 2.77. The molecule has 0 aliphatic carbocycles. The highest BCUT2D eigenvalue weighted by Gasteiger charge is 2.01. The lowest BCUT2D eigenvalue weighted by molar-refractivity contribution is -0.118. The number of thioether (sulfide) groups is 1. The van der Waals surface area contributed by atoms with Gasteiger partial charge in [0.1, 0.15) is 5.82 Å². The number of hydrogen-bond donors (Lipinski definition) is 1. The second-order valence-corrected chi connectivity index (χ2v) is 5.46. The molecule has 1 amide bonds. The van der Waals surface area contributed by atoms with E-state index in [0.717, 1.165) is 11.1 Å². The number of amides is 1. The Morgan fingerprint density at radius 2 is 2.10 bits per heavy atom. The normalized spacial score (nSPS) is 10.3. The van der Waals surface area contributed by atoms with E-state index in [0.29, 0.717) is 31.3 Å². The average Bonchev–Trinajstić information content (AvgIpc) is 2.40. The van der Waals surface area contributed by atoms with Gasteiger partial charge in [0.15, 0.2) is 0 Å². The van der Waals surface area contributed by atoms with Crippen LogP contribution in [0, 0.1) is 5.82 Å². The van der Waals surface area contributed by atoms with E-state index >= 15 is 0 Å². The Hall–Kier alpha value is -1.33. The number of carbonyl (C=O) groups excluding carboxylic acids is 1. The molecule has 0 unspecified atom stereocenters. The molecule has 0 saturated heterocycles. The molecular weight excluding hydrogens is 277 g/mol. The molecule has 0 aliphatic rings. The van der Waals surface area contributed by atoms with E-state index in [9.17, 15) is 9.18 Å². The van der Waals surface area contributed by atoms with Crippen LogP contribution < -0.4 is 5.32 Å². The van der Waals surface area contributed by atoms with Gasteiger partial charge in [0.25, 0.3) is 0 Å². The maximum Gasteiger partial charge on any atom is 0.230 e. The van der Waals surface area contributed by atoms with Crippen molar-refractivity contribution in [3.05, 3.63) is 47.8 Å². The van der Waals surface area contributed by atoms with Crippen molar-refractivity contribution in [3.8, 4) is 0 Å². The van der Waals surface area contributed by atoms with Gasteiger partial charge in [0, 0.05) is 12.3 Å². The first-order chi connectivity index (χ1) is 9.58. The summed E-state index contributed by atoms with van der Waals surface area (Å²) >= 11 is 1.50. The van der Waals surface area contributed by atoms with Crippen LogP contribution in [0.1, 0.15) is 12.5 Å². The Labute approximate surface area is 123 Å². The molecule has 5 heteroatoms. The Morgan fingerprint density at radius 1 is 1.40 bits per heavy atom. The Morgan fingerprint density at radius 3 is 2.75 bits per heavy atom. The van der Waals surface area contributed by atoms with Gasteiger partial charge in [0.05, 0.1) is 19.0 Å². The summed E-state index contributed by atoms with van der Waals surface area (Å²) in [5.41, 5.74) is 1.97. The minimum atomic E-state index is -0.244. The van der Waals surface area contributed by atoms with Gasteiger partial charge in [-0.1, -0.05) is 24.3 Å². The smallest absolute Gasteiger partial charge is 0.230 e. The fraction of sp³-hybridized carbons (Fsp3) is 0.400. The van der Waals surface area contributed by atoms with Crippen molar-refractivity contribution in [2.75, 3.05) is 25.5 Å². The molecule has 1 aromatic rings. The quantitative estimate of drug-likeness (QED) is 0.562. The van der Waals surface area contributed by atoms with Crippen LogP contribution in [0.4, 0.5) is 4.39 Å². The van der Waals surface area contributed by atoms with Crippen LogP contribution in [0.15, 0.2) is 36.4 Å². The molecule has 1 rings (SSSR count). The molecule has 0 fully saturated rings. The van der Waals surface area contributed by atoms with Gasteiger partial charge in [-0.05, 0) is 24.6 Å². The lowest BCUT2D eigenvalue weighted by Crippen LogP contribution is -2.28. The van der Waals surface area contributed by atoms with Gasteiger partial charge < -0.3 is 10.1 Å². The Bertz CT molecular complexity index is 434. The minimum absolute atomic E-state index is 0.0176. The highest BCUT2D eigenvalue weighted by molar-refractivity contribution is 7.99. The third-order valence-electron chi connectivity index (χ3n) is 2.33. The molecule has 0 spiro atoms. The highest BCUT2D eigenvalue weighted by atomic mass is 32.2. The van der Waals surface area contributed by atoms with Gasteiger partial charge in [-0.3, -0.25) is 4.79 Å². The number of carbonyl (C=O) groups is 1. The zero-order valence-electron chi connectivity index (χ0n) is 11.7. The molecule has 0 heterocycles. The third kappa shape index (κ3) is 7.96. The summed E-state index contributed by atoms with van der Waals surface area (Å²) in [5, 5.41) is 2.78. The molecule has 3 nitrogen and oxygen atoms in total. The molecule has 0 bridgehead atoms. The monoisotopic (exact) mass is 297 g/mol. The van der Waals surface area contributed by atoms with E-state index in [4.69, 9.17) is 4.74 Å². The predicted molar refractivity (Wildman–Crippen MR) is 81.2 cm³/mol. The zero-order chi connectivity index (χ0) is 14.8. The van der Waals surface area contributed by atoms with Crippen molar-refractivity contribution in [2.24, 2.45) is 0 Å². The van der Waals surface area contributed by atoms with Crippen LogP contribution in [0.2, 0.25) is 0 Å². The second kappa shape index (κ2) is 9.55. The molecule has 0 atom stereocenters.